The van der Waals surface area contributed by atoms with Crippen molar-refractivity contribution in [2.75, 3.05) is 19.4 Å². The number of benzene rings is 1. The molecule has 1 unspecified atom stereocenters. The maximum Gasteiger partial charge on any atom is 0.330 e. The van der Waals surface area contributed by atoms with Gasteiger partial charge in [0.2, 0.25) is 0 Å². The van der Waals surface area contributed by atoms with Crippen molar-refractivity contribution in [3.05, 3.63) is 33.8 Å². The Hall–Kier alpha value is 0.430. The van der Waals surface area contributed by atoms with E-state index in [0.717, 1.165) is 5.56 Å². The summed E-state index contributed by atoms with van der Waals surface area (Å²) in [5.41, 5.74) is 0.985. The third-order valence-corrected chi connectivity index (χ3v) is 6.45. The zero-order valence-corrected chi connectivity index (χ0v) is 15.4. The van der Waals surface area contributed by atoms with Crippen molar-refractivity contribution in [2.45, 2.75) is 25.1 Å². The summed E-state index contributed by atoms with van der Waals surface area (Å²) in [6.07, 6.45) is 0.972. The van der Waals surface area contributed by atoms with Gasteiger partial charge in [0, 0.05) is 4.83 Å². The minimum absolute atomic E-state index is 0.0199. The summed E-state index contributed by atoms with van der Waals surface area (Å²) in [5, 5.41) is 1.02. The van der Waals surface area contributed by atoms with Gasteiger partial charge < -0.3 is 9.05 Å². The first-order chi connectivity index (χ1) is 9.41. The summed E-state index contributed by atoms with van der Waals surface area (Å²) >= 11 is 15.4. The van der Waals surface area contributed by atoms with E-state index in [1.54, 1.807) is 26.0 Å². The lowest BCUT2D eigenvalue weighted by Crippen LogP contribution is -2.02. The smallest absolute Gasteiger partial charge is 0.309 e. The number of alkyl halides is 1. The van der Waals surface area contributed by atoms with Crippen LogP contribution in [0.4, 0.5) is 0 Å². The summed E-state index contributed by atoms with van der Waals surface area (Å²) in [6.45, 7) is 4.35. The van der Waals surface area contributed by atoms with Gasteiger partial charge in [0.05, 0.1) is 29.4 Å². The van der Waals surface area contributed by atoms with Crippen LogP contribution in [0.3, 0.4) is 0 Å². The Balaban J connectivity index is 2.67. The van der Waals surface area contributed by atoms with Crippen LogP contribution in [0.5, 0.6) is 0 Å². The van der Waals surface area contributed by atoms with Gasteiger partial charge in [-0.15, -0.1) is 0 Å². The van der Waals surface area contributed by atoms with Crippen molar-refractivity contribution in [1.29, 1.82) is 0 Å². The van der Waals surface area contributed by atoms with E-state index < -0.39 is 7.60 Å². The van der Waals surface area contributed by atoms with Gasteiger partial charge in [-0.25, -0.2) is 0 Å². The molecule has 0 aromatic heterocycles. The molecule has 0 amide bonds. The number of halogens is 3. The molecule has 0 heterocycles. The second kappa shape index (κ2) is 8.77. The standard InChI is InChI=1S/C13H18BrCl2O3P/c1-3-18-20(17,19-4-2)8-7-11(14)10-5-6-12(15)13(16)9-10/h5-6,9,11H,3-4,7-8H2,1-2H3. The molecular formula is C13H18BrCl2O3P. The van der Waals surface area contributed by atoms with Crippen LogP contribution >= 0.6 is 46.7 Å². The molecule has 0 aliphatic heterocycles. The van der Waals surface area contributed by atoms with Gasteiger partial charge in [0.25, 0.3) is 0 Å². The van der Waals surface area contributed by atoms with Crippen molar-refractivity contribution in [1.82, 2.24) is 0 Å². The first kappa shape index (κ1) is 18.5. The summed E-state index contributed by atoms with van der Waals surface area (Å²) < 4.78 is 22.9. The van der Waals surface area contributed by atoms with Crippen LogP contribution in [0.2, 0.25) is 10.0 Å². The highest BCUT2D eigenvalue weighted by atomic mass is 79.9. The molecule has 0 spiro atoms. The van der Waals surface area contributed by atoms with Gasteiger partial charge in [-0.05, 0) is 38.0 Å². The third-order valence-electron chi connectivity index (χ3n) is 2.61. The molecule has 0 aliphatic carbocycles. The zero-order chi connectivity index (χ0) is 15.2. The zero-order valence-electron chi connectivity index (χ0n) is 11.4. The monoisotopic (exact) mass is 402 g/mol. The molecule has 1 aromatic rings. The third kappa shape index (κ3) is 5.67. The van der Waals surface area contributed by atoms with E-state index in [1.165, 1.54) is 0 Å². The highest BCUT2D eigenvalue weighted by Gasteiger charge is 2.25. The van der Waals surface area contributed by atoms with E-state index in [-0.39, 0.29) is 4.83 Å². The van der Waals surface area contributed by atoms with Crippen LogP contribution in [0, 0.1) is 0 Å². The highest BCUT2D eigenvalue weighted by molar-refractivity contribution is 9.09. The lowest BCUT2D eigenvalue weighted by molar-refractivity contribution is 0.220. The predicted octanol–water partition coefficient (Wildman–Crippen LogP) is 6.09. The molecule has 1 atom stereocenters. The molecule has 20 heavy (non-hydrogen) atoms. The van der Waals surface area contributed by atoms with Crippen LogP contribution in [0.25, 0.3) is 0 Å². The van der Waals surface area contributed by atoms with E-state index in [2.05, 4.69) is 15.9 Å². The summed E-state index contributed by atoms with van der Waals surface area (Å²) in [7, 11) is -3.00. The number of hydrogen-bond donors (Lipinski definition) is 0. The van der Waals surface area contributed by atoms with E-state index in [1.807, 2.05) is 6.07 Å². The Labute approximate surface area is 138 Å². The molecule has 0 saturated heterocycles. The fourth-order valence-corrected chi connectivity index (χ4v) is 4.57. The van der Waals surface area contributed by atoms with Crippen LogP contribution in [0.1, 0.15) is 30.7 Å². The van der Waals surface area contributed by atoms with Gasteiger partial charge in [-0.2, -0.15) is 0 Å². The molecule has 3 nitrogen and oxygen atoms in total. The molecule has 7 heteroatoms. The van der Waals surface area contributed by atoms with Crippen molar-refractivity contribution in [3.63, 3.8) is 0 Å². The molecule has 0 bridgehead atoms. The first-order valence-electron chi connectivity index (χ1n) is 6.39. The van der Waals surface area contributed by atoms with Crippen LogP contribution in [-0.4, -0.2) is 19.4 Å². The van der Waals surface area contributed by atoms with E-state index in [4.69, 9.17) is 32.2 Å². The molecule has 114 valence electrons. The second-order valence-corrected chi connectivity index (χ2v) is 8.20. The molecule has 1 rings (SSSR count). The molecule has 1 aromatic carbocycles. The van der Waals surface area contributed by atoms with Crippen LogP contribution in [-0.2, 0) is 13.6 Å². The minimum Gasteiger partial charge on any atom is -0.309 e. The lowest BCUT2D eigenvalue weighted by atomic mass is 10.1. The Morgan fingerprint density at radius 3 is 2.30 bits per heavy atom. The number of rotatable bonds is 8. The second-order valence-electron chi connectivity index (χ2n) is 4.10. The molecule has 0 N–H and O–H groups in total. The first-order valence-corrected chi connectivity index (χ1v) is 9.79. The van der Waals surface area contributed by atoms with Crippen molar-refractivity contribution in [3.8, 4) is 0 Å². The molecule has 0 fully saturated rings. The van der Waals surface area contributed by atoms with Crippen LogP contribution < -0.4 is 0 Å². The fourth-order valence-electron chi connectivity index (χ4n) is 1.71. The summed E-state index contributed by atoms with van der Waals surface area (Å²) in [4.78, 5) is 0.0199. The quantitative estimate of drug-likeness (QED) is 0.389. The average molecular weight is 404 g/mol. The molecule has 0 saturated carbocycles. The van der Waals surface area contributed by atoms with Gasteiger partial charge in [-0.1, -0.05) is 45.2 Å². The van der Waals surface area contributed by atoms with Crippen molar-refractivity contribution < 1.29 is 13.6 Å². The van der Waals surface area contributed by atoms with Gasteiger partial charge in [0.1, 0.15) is 0 Å². The fraction of sp³-hybridized carbons (Fsp3) is 0.538. The van der Waals surface area contributed by atoms with Gasteiger partial charge >= 0.3 is 7.60 Å². The highest BCUT2D eigenvalue weighted by Crippen LogP contribution is 2.50. The summed E-state index contributed by atoms with van der Waals surface area (Å²) in [6, 6.07) is 5.44. The normalized spacial score (nSPS) is 13.4. The van der Waals surface area contributed by atoms with Crippen molar-refractivity contribution in [2.24, 2.45) is 0 Å². The van der Waals surface area contributed by atoms with E-state index >= 15 is 0 Å². The molecule has 0 radical (unpaired) electrons. The van der Waals surface area contributed by atoms with Crippen LogP contribution in [0.15, 0.2) is 18.2 Å². The topological polar surface area (TPSA) is 35.5 Å². The van der Waals surface area contributed by atoms with E-state index in [0.29, 0.717) is 35.8 Å². The Morgan fingerprint density at radius 1 is 1.20 bits per heavy atom. The average Bonchev–Trinajstić information content (AvgIpc) is 2.40. The molecule has 0 aliphatic rings. The van der Waals surface area contributed by atoms with Gasteiger partial charge in [-0.3, -0.25) is 4.57 Å². The minimum atomic E-state index is -3.00. The maximum atomic E-state index is 12.4. The largest absolute Gasteiger partial charge is 0.330 e. The lowest BCUT2D eigenvalue weighted by Gasteiger charge is -2.18. The SMILES string of the molecule is CCOP(=O)(CCC(Br)c1ccc(Cl)c(Cl)c1)OCC. The Bertz CT molecular complexity index is 475. The van der Waals surface area contributed by atoms with Crippen molar-refractivity contribution >= 4 is 46.7 Å². The molecular weight excluding hydrogens is 386 g/mol. The number of hydrogen-bond acceptors (Lipinski definition) is 3. The van der Waals surface area contributed by atoms with E-state index in [9.17, 15) is 4.57 Å². The Kier molecular flexibility index (Phi) is 8.10. The predicted molar refractivity (Wildman–Crippen MR) is 88.5 cm³/mol. The summed E-state index contributed by atoms with van der Waals surface area (Å²) in [5.74, 6) is 0. The maximum absolute atomic E-state index is 12.4. The Morgan fingerprint density at radius 2 is 1.80 bits per heavy atom. The van der Waals surface area contributed by atoms with Gasteiger partial charge in [0.15, 0.2) is 0 Å².